The molecular formula is C19H23N3O4. The van der Waals surface area contributed by atoms with Gasteiger partial charge >= 0.3 is 5.97 Å². The highest BCUT2D eigenvalue weighted by Crippen LogP contribution is 2.41. The lowest BCUT2D eigenvalue weighted by Crippen LogP contribution is -2.25. The monoisotopic (exact) mass is 357 g/mol. The van der Waals surface area contributed by atoms with Gasteiger partial charge in [-0.2, -0.15) is 5.10 Å². The summed E-state index contributed by atoms with van der Waals surface area (Å²) in [5, 5.41) is 16.0. The van der Waals surface area contributed by atoms with E-state index in [1.165, 1.54) is 0 Å². The quantitative estimate of drug-likeness (QED) is 0.828. The van der Waals surface area contributed by atoms with Gasteiger partial charge in [0.25, 0.3) is 5.91 Å². The molecule has 7 nitrogen and oxygen atoms in total. The highest BCUT2D eigenvalue weighted by Gasteiger charge is 2.32. The highest BCUT2D eigenvalue weighted by molar-refractivity contribution is 6.03. The van der Waals surface area contributed by atoms with Crippen LogP contribution in [0, 0.1) is 0 Å². The first-order valence-electron chi connectivity index (χ1n) is 8.60. The molecule has 0 saturated heterocycles. The molecule has 1 aromatic heterocycles. The van der Waals surface area contributed by atoms with Crippen molar-refractivity contribution in [3.8, 4) is 5.75 Å². The molecule has 0 radical (unpaired) electrons. The Bertz CT molecular complexity index is 832. The molecule has 1 saturated carbocycles. The Kier molecular flexibility index (Phi) is 4.71. The molecule has 2 N–H and O–H groups in total. The largest absolute Gasteiger partial charge is 0.482 e. The van der Waals surface area contributed by atoms with E-state index in [1.807, 2.05) is 10.7 Å². The maximum absolute atomic E-state index is 12.6. The minimum absolute atomic E-state index is 0.193. The van der Waals surface area contributed by atoms with Crippen molar-refractivity contribution in [1.29, 1.82) is 0 Å². The predicted molar refractivity (Wildman–Crippen MR) is 96.7 cm³/mol. The zero-order chi connectivity index (χ0) is 18.9. The predicted octanol–water partition coefficient (Wildman–Crippen LogP) is 3.23. The number of carboxylic acids is 1. The normalized spacial score (nSPS) is 14.1. The van der Waals surface area contributed by atoms with Gasteiger partial charge in [0.15, 0.2) is 12.3 Å². The lowest BCUT2D eigenvalue weighted by atomic mass is 10.1. The SMILES string of the molecule is CC(C)(C)n1nc(C(=O)Nc2cccc(OCC(=O)O)c2)cc1C1CC1. The number of hydrogen-bond donors (Lipinski definition) is 2. The van der Waals surface area contributed by atoms with Crippen LogP contribution >= 0.6 is 0 Å². The molecule has 0 bridgehead atoms. The van der Waals surface area contributed by atoms with Gasteiger partial charge in [-0.1, -0.05) is 6.07 Å². The number of aliphatic carboxylic acids is 1. The fourth-order valence-electron chi connectivity index (χ4n) is 2.72. The van der Waals surface area contributed by atoms with Crippen molar-refractivity contribution in [2.24, 2.45) is 0 Å². The van der Waals surface area contributed by atoms with Crippen LogP contribution in [0.4, 0.5) is 5.69 Å². The molecule has 0 unspecified atom stereocenters. The molecule has 3 rings (SSSR count). The molecule has 1 fully saturated rings. The minimum Gasteiger partial charge on any atom is -0.482 e. The van der Waals surface area contributed by atoms with Crippen LogP contribution < -0.4 is 10.1 Å². The summed E-state index contributed by atoms with van der Waals surface area (Å²) in [6, 6.07) is 8.49. The molecule has 1 heterocycles. The van der Waals surface area contributed by atoms with Crippen LogP contribution in [0.2, 0.25) is 0 Å². The van der Waals surface area contributed by atoms with Crippen molar-refractivity contribution >= 4 is 17.6 Å². The summed E-state index contributed by atoms with van der Waals surface area (Å²) in [5.41, 5.74) is 1.80. The van der Waals surface area contributed by atoms with E-state index in [1.54, 1.807) is 24.3 Å². The Morgan fingerprint density at radius 3 is 2.65 bits per heavy atom. The van der Waals surface area contributed by atoms with Gasteiger partial charge in [0, 0.05) is 23.4 Å². The summed E-state index contributed by atoms with van der Waals surface area (Å²) in [6.07, 6.45) is 2.26. The molecule has 2 aromatic rings. The number of nitrogens with zero attached hydrogens (tertiary/aromatic N) is 2. The minimum atomic E-state index is -1.06. The second-order valence-corrected chi connectivity index (χ2v) is 7.48. The Morgan fingerprint density at radius 2 is 2.04 bits per heavy atom. The van der Waals surface area contributed by atoms with Crippen molar-refractivity contribution < 1.29 is 19.4 Å². The summed E-state index contributed by atoms with van der Waals surface area (Å²) in [6.45, 7) is 5.77. The van der Waals surface area contributed by atoms with Crippen molar-refractivity contribution in [1.82, 2.24) is 9.78 Å². The summed E-state index contributed by atoms with van der Waals surface area (Å²) in [4.78, 5) is 23.2. The zero-order valence-corrected chi connectivity index (χ0v) is 15.2. The van der Waals surface area contributed by atoms with Gasteiger partial charge in [-0.3, -0.25) is 9.48 Å². The van der Waals surface area contributed by atoms with Crippen molar-refractivity contribution in [3.05, 3.63) is 41.7 Å². The fourth-order valence-corrected chi connectivity index (χ4v) is 2.72. The Hall–Kier alpha value is -2.83. The van der Waals surface area contributed by atoms with E-state index in [9.17, 15) is 9.59 Å². The van der Waals surface area contributed by atoms with E-state index in [0.717, 1.165) is 18.5 Å². The standard InChI is InChI=1S/C19H23N3O4/c1-19(2,3)22-16(12-7-8-12)10-15(21-22)18(25)20-13-5-4-6-14(9-13)26-11-17(23)24/h4-6,9-10,12H,7-8,11H2,1-3H3,(H,20,25)(H,23,24). The van der Waals surface area contributed by atoms with E-state index >= 15 is 0 Å². The number of benzene rings is 1. The number of aromatic nitrogens is 2. The van der Waals surface area contributed by atoms with E-state index < -0.39 is 12.6 Å². The average molecular weight is 357 g/mol. The molecule has 1 aliphatic rings. The highest BCUT2D eigenvalue weighted by atomic mass is 16.5. The van der Waals surface area contributed by atoms with Gasteiger partial charge in [0.1, 0.15) is 5.75 Å². The van der Waals surface area contributed by atoms with E-state index in [2.05, 4.69) is 31.2 Å². The first kappa shape index (κ1) is 18.0. The topological polar surface area (TPSA) is 93.5 Å². The lowest BCUT2D eigenvalue weighted by molar-refractivity contribution is -0.139. The maximum Gasteiger partial charge on any atom is 0.341 e. The first-order chi connectivity index (χ1) is 12.2. The zero-order valence-electron chi connectivity index (χ0n) is 15.2. The number of ether oxygens (including phenoxy) is 1. The molecule has 0 atom stereocenters. The molecule has 0 spiro atoms. The Morgan fingerprint density at radius 1 is 1.31 bits per heavy atom. The van der Waals surface area contributed by atoms with Crippen LogP contribution in [0.15, 0.2) is 30.3 Å². The number of carboxylic acid groups (broad SMARTS) is 1. The number of rotatable bonds is 6. The van der Waals surface area contributed by atoms with Gasteiger partial charge in [0.2, 0.25) is 0 Å². The molecule has 138 valence electrons. The van der Waals surface area contributed by atoms with Crippen molar-refractivity contribution in [2.45, 2.75) is 45.1 Å². The molecule has 1 aromatic carbocycles. The van der Waals surface area contributed by atoms with Gasteiger partial charge in [-0.15, -0.1) is 0 Å². The number of carbonyl (C=O) groups excluding carboxylic acids is 1. The molecule has 7 heteroatoms. The fraction of sp³-hybridized carbons (Fsp3) is 0.421. The van der Waals surface area contributed by atoms with Crippen molar-refractivity contribution in [2.75, 3.05) is 11.9 Å². The number of hydrogen-bond acceptors (Lipinski definition) is 4. The summed E-state index contributed by atoms with van der Waals surface area (Å²) >= 11 is 0. The van der Waals surface area contributed by atoms with Crippen molar-refractivity contribution in [3.63, 3.8) is 0 Å². The second-order valence-electron chi connectivity index (χ2n) is 7.48. The third-order valence-electron chi connectivity index (χ3n) is 4.05. The Balaban J connectivity index is 1.76. The van der Waals surface area contributed by atoms with E-state index in [-0.39, 0.29) is 11.4 Å². The Labute approximate surface area is 152 Å². The van der Waals surface area contributed by atoms with E-state index in [0.29, 0.717) is 23.0 Å². The summed E-state index contributed by atoms with van der Waals surface area (Å²) in [5.74, 6) is -0.495. The summed E-state index contributed by atoms with van der Waals surface area (Å²) in [7, 11) is 0. The van der Waals surface area contributed by atoms with Crippen LogP contribution in [0.5, 0.6) is 5.75 Å². The van der Waals surface area contributed by atoms with Crippen LogP contribution in [0.1, 0.15) is 55.7 Å². The second kappa shape index (κ2) is 6.82. The van der Waals surface area contributed by atoms with Crippen LogP contribution in [-0.2, 0) is 10.3 Å². The third kappa shape index (κ3) is 4.22. The number of nitrogens with one attached hydrogen (secondary N) is 1. The maximum atomic E-state index is 12.6. The smallest absolute Gasteiger partial charge is 0.341 e. The molecular weight excluding hydrogens is 334 g/mol. The van der Waals surface area contributed by atoms with Gasteiger partial charge in [0.05, 0.1) is 5.54 Å². The molecule has 0 aliphatic heterocycles. The van der Waals surface area contributed by atoms with Crippen LogP contribution in [0.3, 0.4) is 0 Å². The van der Waals surface area contributed by atoms with Crippen LogP contribution in [-0.4, -0.2) is 33.4 Å². The molecule has 26 heavy (non-hydrogen) atoms. The number of anilines is 1. The van der Waals surface area contributed by atoms with Gasteiger partial charge < -0.3 is 15.2 Å². The van der Waals surface area contributed by atoms with Crippen LogP contribution in [0.25, 0.3) is 0 Å². The molecule has 1 aliphatic carbocycles. The number of amides is 1. The number of carbonyl (C=O) groups is 2. The summed E-state index contributed by atoms with van der Waals surface area (Å²) < 4.78 is 7.07. The average Bonchev–Trinajstić information content (AvgIpc) is 3.30. The third-order valence-corrected chi connectivity index (χ3v) is 4.05. The van der Waals surface area contributed by atoms with E-state index in [4.69, 9.17) is 9.84 Å². The van der Waals surface area contributed by atoms with Gasteiger partial charge in [-0.25, -0.2) is 4.79 Å². The lowest BCUT2D eigenvalue weighted by Gasteiger charge is -2.22. The van der Waals surface area contributed by atoms with Gasteiger partial charge in [-0.05, 0) is 51.8 Å². The first-order valence-corrected chi connectivity index (χ1v) is 8.60. The molecule has 1 amide bonds.